The molecule has 3 amide bonds. The summed E-state index contributed by atoms with van der Waals surface area (Å²) in [6.07, 6.45) is 1.24. The molecule has 1 saturated heterocycles. The first-order valence-electron chi connectivity index (χ1n) is 7.29. The number of amides is 3. The Labute approximate surface area is 145 Å². The number of nitrogens with one attached hydrogen (secondary N) is 3. The molecule has 0 spiro atoms. The number of carbonyl (C=O) groups excluding carboxylic acids is 2. The van der Waals surface area contributed by atoms with E-state index in [1.165, 1.54) is 0 Å². The van der Waals surface area contributed by atoms with E-state index in [4.69, 9.17) is 11.6 Å². The van der Waals surface area contributed by atoms with Crippen LogP contribution in [0.5, 0.6) is 0 Å². The van der Waals surface area contributed by atoms with Crippen LogP contribution in [0.15, 0.2) is 24.3 Å². The molecule has 2 rings (SSSR count). The number of nitrogens with zero attached hydrogens (tertiary/aromatic N) is 1. The van der Waals surface area contributed by atoms with E-state index in [9.17, 15) is 18.0 Å². The Bertz CT molecular complexity index is 725. The van der Waals surface area contributed by atoms with E-state index in [2.05, 4.69) is 15.4 Å². The maximum Gasteiger partial charge on any atom is 0.315 e. The summed E-state index contributed by atoms with van der Waals surface area (Å²) in [5, 5.41) is 5.77. The van der Waals surface area contributed by atoms with Crippen molar-refractivity contribution >= 4 is 39.2 Å². The second-order valence-electron chi connectivity index (χ2n) is 5.45. The molecule has 132 valence electrons. The number of sulfonamides is 1. The van der Waals surface area contributed by atoms with Crippen molar-refractivity contribution < 1.29 is 18.0 Å². The number of rotatable bonds is 6. The average Bonchev–Trinajstić information content (AvgIpc) is 2.83. The van der Waals surface area contributed by atoms with Gasteiger partial charge in [-0.3, -0.25) is 4.79 Å². The van der Waals surface area contributed by atoms with Gasteiger partial charge in [-0.25, -0.2) is 17.9 Å². The minimum Gasteiger partial charge on any atom is -0.337 e. The van der Waals surface area contributed by atoms with Crippen LogP contribution in [0.25, 0.3) is 0 Å². The number of hydrogen-bond donors (Lipinski definition) is 3. The quantitative estimate of drug-likeness (QED) is 0.622. The molecule has 24 heavy (non-hydrogen) atoms. The molecule has 0 unspecified atom stereocenters. The Kier molecular flexibility index (Phi) is 6.03. The van der Waals surface area contributed by atoms with Gasteiger partial charge >= 0.3 is 6.03 Å². The molecule has 0 aliphatic carbocycles. The minimum absolute atomic E-state index is 0.0960. The smallest absolute Gasteiger partial charge is 0.315 e. The van der Waals surface area contributed by atoms with Crippen molar-refractivity contribution in [3.8, 4) is 0 Å². The minimum atomic E-state index is -3.28. The molecule has 1 atom stereocenters. The summed E-state index contributed by atoms with van der Waals surface area (Å²) in [5.41, 5.74) is 0.689. The van der Waals surface area contributed by atoms with Gasteiger partial charge in [-0.05, 0) is 18.2 Å². The third-order valence-corrected chi connectivity index (χ3v) is 4.32. The van der Waals surface area contributed by atoms with Crippen LogP contribution in [-0.4, -0.2) is 52.3 Å². The van der Waals surface area contributed by atoms with Gasteiger partial charge in [-0.2, -0.15) is 0 Å². The summed E-state index contributed by atoms with van der Waals surface area (Å²) in [7, 11) is -3.28. The van der Waals surface area contributed by atoms with Crippen molar-refractivity contribution in [3.63, 3.8) is 0 Å². The van der Waals surface area contributed by atoms with Crippen LogP contribution in [0.3, 0.4) is 0 Å². The number of carbonyl (C=O) groups is 2. The fraction of sp³-hybridized carbons (Fsp3) is 0.429. The second kappa shape index (κ2) is 7.82. The first kappa shape index (κ1) is 18.5. The molecule has 1 fully saturated rings. The number of hydrogen-bond acceptors (Lipinski definition) is 4. The second-order valence-corrected chi connectivity index (χ2v) is 7.72. The summed E-state index contributed by atoms with van der Waals surface area (Å²) in [4.78, 5) is 25.4. The monoisotopic (exact) mass is 374 g/mol. The highest BCUT2D eigenvalue weighted by atomic mass is 35.5. The van der Waals surface area contributed by atoms with Crippen LogP contribution in [0.2, 0.25) is 5.02 Å². The summed E-state index contributed by atoms with van der Waals surface area (Å²) >= 11 is 5.93. The zero-order chi connectivity index (χ0) is 17.7. The van der Waals surface area contributed by atoms with Crippen molar-refractivity contribution in [2.45, 2.75) is 12.5 Å². The number of halogens is 1. The van der Waals surface area contributed by atoms with Gasteiger partial charge in [-0.1, -0.05) is 17.7 Å². The molecule has 10 heteroatoms. The predicted octanol–water partition coefficient (Wildman–Crippen LogP) is 0.294. The summed E-state index contributed by atoms with van der Waals surface area (Å²) < 4.78 is 24.1. The Balaban J connectivity index is 1.80. The SMILES string of the molecule is CS(=O)(=O)NCCNC(=O)N[C@H]1CC(=O)N(c2cccc(Cl)c2)C1. The summed E-state index contributed by atoms with van der Waals surface area (Å²) in [5.74, 6) is -0.0960. The van der Waals surface area contributed by atoms with E-state index in [1.54, 1.807) is 29.2 Å². The van der Waals surface area contributed by atoms with Crippen molar-refractivity contribution in [2.75, 3.05) is 30.8 Å². The van der Waals surface area contributed by atoms with E-state index in [0.29, 0.717) is 17.3 Å². The third-order valence-electron chi connectivity index (χ3n) is 3.35. The van der Waals surface area contributed by atoms with Gasteiger partial charge < -0.3 is 15.5 Å². The van der Waals surface area contributed by atoms with Crippen LogP contribution in [0.1, 0.15) is 6.42 Å². The van der Waals surface area contributed by atoms with Crippen molar-refractivity contribution in [2.24, 2.45) is 0 Å². The van der Waals surface area contributed by atoms with Crippen LogP contribution < -0.4 is 20.3 Å². The number of anilines is 1. The zero-order valence-corrected chi connectivity index (χ0v) is 14.7. The fourth-order valence-electron chi connectivity index (χ4n) is 2.35. The molecule has 0 bridgehead atoms. The van der Waals surface area contributed by atoms with Gasteiger partial charge in [0.25, 0.3) is 0 Å². The standard InChI is InChI=1S/C14H19ClN4O4S/c1-24(22,23)17-6-5-16-14(21)18-11-8-13(20)19(9-11)12-4-2-3-10(15)7-12/h2-4,7,11,17H,5-6,8-9H2,1H3,(H2,16,18,21)/t11-/m0/s1. The van der Waals surface area contributed by atoms with Crippen LogP contribution in [-0.2, 0) is 14.8 Å². The normalized spacial score (nSPS) is 17.8. The maximum atomic E-state index is 12.1. The molecule has 1 aliphatic rings. The Morgan fingerprint density at radius 2 is 2.12 bits per heavy atom. The lowest BCUT2D eigenvalue weighted by Gasteiger charge is -2.17. The Morgan fingerprint density at radius 3 is 2.79 bits per heavy atom. The lowest BCUT2D eigenvalue weighted by Crippen LogP contribution is -2.45. The molecular weight excluding hydrogens is 356 g/mol. The molecule has 3 N–H and O–H groups in total. The van der Waals surface area contributed by atoms with E-state index in [1.807, 2.05) is 0 Å². The van der Waals surface area contributed by atoms with Gasteiger partial charge in [0.05, 0.1) is 12.3 Å². The predicted molar refractivity (Wildman–Crippen MR) is 91.6 cm³/mol. The highest BCUT2D eigenvalue weighted by Gasteiger charge is 2.31. The highest BCUT2D eigenvalue weighted by molar-refractivity contribution is 7.88. The maximum absolute atomic E-state index is 12.1. The Morgan fingerprint density at radius 1 is 1.38 bits per heavy atom. The van der Waals surface area contributed by atoms with Crippen molar-refractivity contribution in [1.29, 1.82) is 0 Å². The Hall–Kier alpha value is -1.84. The third kappa shape index (κ3) is 5.66. The lowest BCUT2D eigenvalue weighted by molar-refractivity contribution is -0.117. The fourth-order valence-corrected chi connectivity index (χ4v) is 3.00. The van der Waals surface area contributed by atoms with Gasteiger partial charge in [0.2, 0.25) is 15.9 Å². The molecule has 0 saturated carbocycles. The first-order valence-corrected chi connectivity index (χ1v) is 9.56. The molecule has 1 aromatic rings. The largest absolute Gasteiger partial charge is 0.337 e. The topological polar surface area (TPSA) is 108 Å². The van der Waals surface area contributed by atoms with Crippen molar-refractivity contribution in [1.82, 2.24) is 15.4 Å². The van der Waals surface area contributed by atoms with Crippen molar-refractivity contribution in [3.05, 3.63) is 29.3 Å². The van der Waals surface area contributed by atoms with Gasteiger partial charge in [-0.15, -0.1) is 0 Å². The number of benzene rings is 1. The molecule has 1 heterocycles. The highest BCUT2D eigenvalue weighted by Crippen LogP contribution is 2.24. The number of urea groups is 1. The summed E-state index contributed by atoms with van der Waals surface area (Å²) in [6.45, 7) is 0.607. The van der Waals surface area contributed by atoms with Gasteiger partial charge in [0.15, 0.2) is 0 Å². The van der Waals surface area contributed by atoms with Crippen LogP contribution in [0, 0.1) is 0 Å². The van der Waals surface area contributed by atoms with E-state index >= 15 is 0 Å². The first-order chi connectivity index (χ1) is 11.2. The molecule has 8 nitrogen and oxygen atoms in total. The lowest BCUT2D eigenvalue weighted by atomic mass is 10.2. The van der Waals surface area contributed by atoms with E-state index in [0.717, 1.165) is 6.26 Å². The molecule has 0 aromatic heterocycles. The molecule has 1 aromatic carbocycles. The molecule has 1 aliphatic heterocycles. The van der Waals surface area contributed by atoms with Crippen LogP contribution >= 0.6 is 11.6 Å². The molecular formula is C14H19ClN4O4S. The van der Waals surface area contributed by atoms with Crippen LogP contribution in [0.4, 0.5) is 10.5 Å². The summed E-state index contributed by atoms with van der Waals surface area (Å²) in [6, 6.07) is 6.18. The van der Waals surface area contributed by atoms with Gasteiger partial charge in [0.1, 0.15) is 0 Å². The zero-order valence-electron chi connectivity index (χ0n) is 13.1. The van der Waals surface area contributed by atoms with E-state index < -0.39 is 16.1 Å². The van der Waals surface area contributed by atoms with E-state index in [-0.39, 0.29) is 31.5 Å². The average molecular weight is 375 g/mol. The van der Waals surface area contributed by atoms with Gasteiger partial charge in [0, 0.05) is 36.8 Å². The molecule has 0 radical (unpaired) electrons.